The van der Waals surface area contributed by atoms with E-state index in [9.17, 15) is 9.59 Å². The third kappa shape index (κ3) is 3.18. The van der Waals surface area contributed by atoms with Crippen LogP contribution >= 0.6 is 24.0 Å². The molecule has 0 unspecified atom stereocenters. The molecule has 120 valence electrons. The van der Waals surface area contributed by atoms with Crippen LogP contribution in [0.2, 0.25) is 0 Å². The Hall–Kier alpha value is -2.24. The molecule has 0 aliphatic carbocycles. The molecule has 1 aliphatic heterocycles. The SMILES string of the molecule is CC(=O)c1ccc(N2C(=O)/C(=C/c3ccccc3C)SC2=S)cc1. The van der Waals surface area contributed by atoms with E-state index in [1.54, 1.807) is 24.3 Å². The van der Waals surface area contributed by atoms with Gasteiger partial charge in [0.25, 0.3) is 5.91 Å². The minimum absolute atomic E-state index is 0.00797. The highest BCUT2D eigenvalue weighted by atomic mass is 32.2. The number of anilines is 1. The van der Waals surface area contributed by atoms with Crippen LogP contribution in [0.5, 0.6) is 0 Å². The van der Waals surface area contributed by atoms with Crippen molar-refractivity contribution < 1.29 is 9.59 Å². The van der Waals surface area contributed by atoms with Gasteiger partial charge < -0.3 is 0 Å². The molecule has 0 aromatic heterocycles. The third-order valence-electron chi connectivity index (χ3n) is 3.80. The first-order valence-electron chi connectivity index (χ1n) is 7.42. The zero-order valence-electron chi connectivity index (χ0n) is 13.3. The van der Waals surface area contributed by atoms with E-state index in [2.05, 4.69) is 0 Å². The highest BCUT2D eigenvalue weighted by molar-refractivity contribution is 8.27. The number of hydrogen-bond donors (Lipinski definition) is 0. The number of thiocarbonyl (C=S) groups is 1. The fourth-order valence-electron chi connectivity index (χ4n) is 2.43. The second kappa shape index (κ2) is 6.71. The van der Waals surface area contributed by atoms with Gasteiger partial charge in [0.15, 0.2) is 10.1 Å². The molecule has 5 heteroatoms. The molecule has 2 aromatic rings. The molecule has 1 saturated heterocycles. The van der Waals surface area contributed by atoms with Crippen LogP contribution < -0.4 is 4.90 Å². The second-order valence-corrected chi connectivity index (χ2v) is 7.15. The summed E-state index contributed by atoms with van der Waals surface area (Å²) in [6, 6.07) is 14.8. The maximum absolute atomic E-state index is 12.7. The highest BCUT2D eigenvalue weighted by Gasteiger charge is 2.33. The van der Waals surface area contributed by atoms with Crippen LogP contribution in [0.4, 0.5) is 5.69 Å². The van der Waals surface area contributed by atoms with Gasteiger partial charge >= 0.3 is 0 Å². The van der Waals surface area contributed by atoms with Gasteiger partial charge in [-0.1, -0.05) is 48.2 Å². The van der Waals surface area contributed by atoms with Crippen LogP contribution in [0, 0.1) is 6.92 Å². The first-order chi connectivity index (χ1) is 11.5. The Bertz CT molecular complexity index is 869. The minimum Gasteiger partial charge on any atom is -0.295 e. The van der Waals surface area contributed by atoms with Gasteiger partial charge in [-0.3, -0.25) is 14.5 Å². The van der Waals surface area contributed by atoms with Crippen LogP contribution in [-0.2, 0) is 4.79 Å². The molecule has 0 atom stereocenters. The largest absolute Gasteiger partial charge is 0.295 e. The maximum Gasteiger partial charge on any atom is 0.270 e. The molecule has 0 N–H and O–H groups in total. The minimum atomic E-state index is -0.135. The van der Waals surface area contributed by atoms with E-state index in [0.29, 0.717) is 20.5 Å². The van der Waals surface area contributed by atoms with Crippen molar-refractivity contribution in [2.45, 2.75) is 13.8 Å². The smallest absolute Gasteiger partial charge is 0.270 e. The van der Waals surface area contributed by atoms with Crippen LogP contribution in [-0.4, -0.2) is 16.0 Å². The number of hydrogen-bond acceptors (Lipinski definition) is 4. The first kappa shape index (κ1) is 16.6. The van der Waals surface area contributed by atoms with Crippen molar-refractivity contribution >= 4 is 51.8 Å². The molecule has 3 nitrogen and oxygen atoms in total. The van der Waals surface area contributed by atoms with Crippen LogP contribution in [0.3, 0.4) is 0 Å². The van der Waals surface area contributed by atoms with Gasteiger partial charge in [-0.15, -0.1) is 0 Å². The van der Waals surface area contributed by atoms with E-state index in [0.717, 1.165) is 11.1 Å². The van der Waals surface area contributed by atoms with Gasteiger partial charge in [-0.2, -0.15) is 0 Å². The van der Waals surface area contributed by atoms with Gasteiger partial charge in [0, 0.05) is 5.56 Å². The quantitative estimate of drug-likeness (QED) is 0.459. The zero-order valence-corrected chi connectivity index (χ0v) is 14.9. The molecule has 0 saturated carbocycles. The summed E-state index contributed by atoms with van der Waals surface area (Å²) >= 11 is 6.66. The number of aryl methyl sites for hydroxylation is 1. The topological polar surface area (TPSA) is 37.4 Å². The molecule has 0 radical (unpaired) electrons. The molecule has 3 rings (SSSR count). The average Bonchev–Trinajstić information content (AvgIpc) is 2.84. The molecule has 1 heterocycles. The highest BCUT2D eigenvalue weighted by Crippen LogP contribution is 2.36. The fraction of sp³-hybridized carbons (Fsp3) is 0.105. The van der Waals surface area contributed by atoms with Crippen molar-refractivity contribution in [3.05, 3.63) is 70.1 Å². The van der Waals surface area contributed by atoms with Crippen molar-refractivity contribution in [3.63, 3.8) is 0 Å². The molecule has 0 bridgehead atoms. The first-order valence-corrected chi connectivity index (χ1v) is 8.64. The van der Waals surface area contributed by atoms with Crippen molar-refractivity contribution in [2.75, 3.05) is 4.90 Å². The van der Waals surface area contributed by atoms with Gasteiger partial charge in [-0.05, 0) is 55.3 Å². The number of carbonyl (C=O) groups is 2. The van der Waals surface area contributed by atoms with E-state index >= 15 is 0 Å². The summed E-state index contributed by atoms with van der Waals surface area (Å²) < 4.78 is 0.496. The number of carbonyl (C=O) groups excluding carboxylic acids is 2. The lowest BCUT2D eigenvalue weighted by Crippen LogP contribution is -2.27. The van der Waals surface area contributed by atoms with Gasteiger partial charge in [0.2, 0.25) is 0 Å². The van der Waals surface area contributed by atoms with E-state index < -0.39 is 0 Å². The predicted octanol–water partition coefficient (Wildman–Crippen LogP) is 4.60. The Labute approximate surface area is 150 Å². The Morgan fingerprint density at radius 2 is 1.79 bits per heavy atom. The van der Waals surface area contributed by atoms with Crippen molar-refractivity contribution in [3.8, 4) is 0 Å². The summed E-state index contributed by atoms with van der Waals surface area (Å²) in [5, 5.41) is 0. The Balaban J connectivity index is 1.92. The van der Waals surface area contributed by atoms with E-state index in [1.165, 1.54) is 23.6 Å². The van der Waals surface area contributed by atoms with Crippen LogP contribution in [0.15, 0.2) is 53.4 Å². The summed E-state index contributed by atoms with van der Waals surface area (Å²) in [7, 11) is 0. The summed E-state index contributed by atoms with van der Waals surface area (Å²) in [6.07, 6.45) is 1.87. The van der Waals surface area contributed by atoms with Gasteiger partial charge in [0.05, 0.1) is 10.6 Å². The van der Waals surface area contributed by atoms with E-state index in [-0.39, 0.29) is 11.7 Å². The molecule has 24 heavy (non-hydrogen) atoms. The number of nitrogens with zero attached hydrogens (tertiary/aromatic N) is 1. The third-order valence-corrected chi connectivity index (χ3v) is 5.10. The number of benzene rings is 2. The normalized spacial score (nSPS) is 16.1. The summed E-state index contributed by atoms with van der Waals surface area (Å²) in [5.74, 6) is -0.143. The zero-order chi connectivity index (χ0) is 17.3. The summed E-state index contributed by atoms with van der Waals surface area (Å²) in [5.41, 5.74) is 3.40. The standard InChI is InChI=1S/C19H15NO2S2/c1-12-5-3-4-6-15(12)11-17-18(22)20(19(23)24-17)16-9-7-14(8-10-16)13(2)21/h3-11H,1-2H3/b17-11-. The van der Waals surface area contributed by atoms with Crippen LogP contribution in [0.1, 0.15) is 28.4 Å². The van der Waals surface area contributed by atoms with Crippen molar-refractivity contribution in [1.82, 2.24) is 0 Å². The maximum atomic E-state index is 12.7. The van der Waals surface area contributed by atoms with E-state index in [4.69, 9.17) is 12.2 Å². The monoisotopic (exact) mass is 353 g/mol. The lowest BCUT2D eigenvalue weighted by molar-refractivity contribution is -0.113. The predicted molar refractivity (Wildman–Crippen MR) is 103 cm³/mol. The lowest BCUT2D eigenvalue weighted by atomic mass is 10.1. The molecule has 2 aromatic carbocycles. The number of Topliss-reactive ketones (excluding diaryl/α,β-unsaturated/α-hetero) is 1. The summed E-state index contributed by atoms with van der Waals surface area (Å²) in [4.78, 5) is 26.2. The number of amides is 1. The van der Waals surface area contributed by atoms with Crippen LogP contribution in [0.25, 0.3) is 6.08 Å². The molecular formula is C19H15NO2S2. The Kier molecular flexibility index (Phi) is 4.64. The lowest BCUT2D eigenvalue weighted by Gasteiger charge is -2.14. The van der Waals surface area contributed by atoms with Gasteiger partial charge in [0.1, 0.15) is 0 Å². The van der Waals surface area contributed by atoms with Gasteiger partial charge in [-0.25, -0.2) is 0 Å². The molecule has 0 spiro atoms. The number of thioether (sulfide) groups is 1. The van der Waals surface area contributed by atoms with E-state index in [1.807, 2.05) is 37.3 Å². The molecular weight excluding hydrogens is 338 g/mol. The molecule has 1 aliphatic rings. The van der Waals surface area contributed by atoms with Crippen molar-refractivity contribution in [2.24, 2.45) is 0 Å². The Morgan fingerprint density at radius 1 is 1.12 bits per heavy atom. The number of ketones is 1. The number of rotatable bonds is 3. The summed E-state index contributed by atoms with van der Waals surface area (Å²) in [6.45, 7) is 3.52. The van der Waals surface area contributed by atoms with Crippen molar-refractivity contribution in [1.29, 1.82) is 0 Å². The second-order valence-electron chi connectivity index (χ2n) is 5.48. The molecule has 1 fully saturated rings. The average molecular weight is 353 g/mol. The fourth-order valence-corrected chi connectivity index (χ4v) is 3.72. The Morgan fingerprint density at radius 3 is 2.42 bits per heavy atom. The molecule has 1 amide bonds.